The smallest absolute Gasteiger partial charge is 0.292 e. The highest BCUT2D eigenvalue weighted by Crippen LogP contribution is 2.26. The van der Waals surface area contributed by atoms with Gasteiger partial charge in [-0.15, -0.1) is 0 Å². The zero-order chi connectivity index (χ0) is 20.8. The van der Waals surface area contributed by atoms with Gasteiger partial charge in [0.1, 0.15) is 17.3 Å². The van der Waals surface area contributed by atoms with Gasteiger partial charge in [-0.05, 0) is 24.1 Å². The molecule has 1 aromatic heterocycles. The standard InChI is InChI=1S/C21H17N5O3/c1-2-14-7-9-15(10-8-14)20-17(13-23-25-20)11-16(12-22)21(27)24-18-5-3-4-6-19(18)26(28)29/h3-11,13H,2H2,1H3,(H,23,25)(H,24,27). The van der Waals surface area contributed by atoms with Gasteiger partial charge in [0.25, 0.3) is 11.6 Å². The van der Waals surface area contributed by atoms with Gasteiger partial charge in [0, 0.05) is 17.2 Å². The van der Waals surface area contributed by atoms with Crippen LogP contribution >= 0.6 is 0 Å². The fourth-order valence-electron chi connectivity index (χ4n) is 2.78. The molecule has 3 aromatic rings. The summed E-state index contributed by atoms with van der Waals surface area (Å²) in [6.07, 6.45) is 3.83. The number of carbonyl (C=O) groups is 1. The number of carbonyl (C=O) groups excluding carboxylic acids is 1. The van der Waals surface area contributed by atoms with Crippen molar-refractivity contribution >= 4 is 23.4 Å². The molecular weight excluding hydrogens is 370 g/mol. The molecular formula is C21H17N5O3. The quantitative estimate of drug-likeness (QED) is 0.285. The highest BCUT2D eigenvalue weighted by atomic mass is 16.6. The van der Waals surface area contributed by atoms with E-state index in [2.05, 4.69) is 22.4 Å². The maximum absolute atomic E-state index is 12.5. The van der Waals surface area contributed by atoms with Crippen molar-refractivity contribution in [3.8, 4) is 17.3 Å². The summed E-state index contributed by atoms with van der Waals surface area (Å²) in [5, 5.41) is 29.9. The van der Waals surface area contributed by atoms with Gasteiger partial charge >= 0.3 is 0 Å². The molecule has 29 heavy (non-hydrogen) atoms. The Labute approximate surface area is 166 Å². The second kappa shape index (κ2) is 8.63. The van der Waals surface area contributed by atoms with Gasteiger partial charge in [0.05, 0.1) is 16.8 Å². The van der Waals surface area contributed by atoms with E-state index in [-0.39, 0.29) is 16.9 Å². The summed E-state index contributed by atoms with van der Waals surface area (Å²) in [6, 6.07) is 15.4. The fraction of sp³-hybridized carbons (Fsp3) is 0.0952. The molecule has 8 heteroatoms. The first-order valence-electron chi connectivity index (χ1n) is 8.82. The number of hydrogen-bond donors (Lipinski definition) is 2. The fourth-order valence-corrected chi connectivity index (χ4v) is 2.78. The lowest BCUT2D eigenvalue weighted by Gasteiger charge is -2.05. The van der Waals surface area contributed by atoms with Crippen LogP contribution in [0.4, 0.5) is 11.4 Å². The first kappa shape index (κ1) is 19.5. The molecule has 0 aliphatic heterocycles. The topological polar surface area (TPSA) is 125 Å². The molecule has 2 aromatic carbocycles. The van der Waals surface area contributed by atoms with Crippen LogP contribution in [0.2, 0.25) is 0 Å². The van der Waals surface area contributed by atoms with Crippen LogP contribution in [-0.2, 0) is 11.2 Å². The number of amides is 1. The first-order valence-corrected chi connectivity index (χ1v) is 8.82. The Hall–Kier alpha value is -4.25. The number of aromatic nitrogens is 2. The maximum Gasteiger partial charge on any atom is 0.292 e. The minimum absolute atomic E-state index is 0.0196. The van der Waals surface area contributed by atoms with Crippen molar-refractivity contribution in [2.24, 2.45) is 0 Å². The average Bonchev–Trinajstić information content (AvgIpc) is 3.20. The zero-order valence-corrected chi connectivity index (χ0v) is 15.5. The van der Waals surface area contributed by atoms with Gasteiger partial charge in [0.2, 0.25) is 0 Å². The van der Waals surface area contributed by atoms with Crippen molar-refractivity contribution in [3.05, 3.63) is 81.5 Å². The molecule has 0 spiro atoms. The van der Waals surface area contributed by atoms with Crippen LogP contribution in [0, 0.1) is 21.4 Å². The largest absolute Gasteiger partial charge is 0.316 e. The van der Waals surface area contributed by atoms with E-state index >= 15 is 0 Å². The van der Waals surface area contributed by atoms with Crippen molar-refractivity contribution < 1.29 is 9.72 Å². The molecule has 0 bridgehead atoms. The van der Waals surface area contributed by atoms with Gasteiger partial charge in [-0.1, -0.05) is 43.3 Å². The Kier molecular flexibility index (Phi) is 5.80. The summed E-state index contributed by atoms with van der Waals surface area (Å²) in [5.41, 5.74) is 2.84. The molecule has 0 radical (unpaired) electrons. The Morgan fingerprint density at radius 2 is 2.00 bits per heavy atom. The molecule has 0 saturated carbocycles. The number of hydrogen-bond acceptors (Lipinski definition) is 5. The second-order valence-electron chi connectivity index (χ2n) is 6.15. The van der Waals surface area contributed by atoms with Crippen LogP contribution in [-0.4, -0.2) is 21.0 Å². The van der Waals surface area contributed by atoms with E-state index in [4.69, 9.17) is 0 Å². The van der Waals surface area contributed by atoms with Gasteiger partial charge < -0.3 is 5.32 Å². The number of para-hydroxylation sites is 2. The lowest BCUT2D eigenvalue weighted by molar-refractivity contribution is -0.383. The highest BCUT2D eigenvalue weighted by molar-refractivity contribution is 6.10. The molecule has 0 unspecified atom stereocenters. The van der Waals surface area contributed by atoms with Crippen LogP contribution in [0.3, 0.4) is 0 Å². The third kappa shape index (κ3) is 4.36. The van der Waals surface area contributed by atoms with Crippen molar-refractivity contribution in [2.75, 3.05) is 5.32 Å². The van der Waals surface area contributed by atoms with E-state index in [0.717, 1.165) is 12.0 Å². The Bertz CT molecular complexity index is 1120. The van der Waals surface area contributed by atoms with Crippen LogP contribution in [0.1, 0.15) is 18.1 Å². The van der Waals surface area contributed by atoms with E-state index in [1.165, 1.54) is 36.0 Å². The summed E-state index contributed by atoms with van der Waals surface area (Å²) in [5.74, 6) is -0.740. The molecule has 0 aliphatic carbocycles. The van der Waals surface area contributed by atoms with E-state index in [0.29, 0.717) is 11.3 Å². The number of anilines is 1. The molecule has 3 rings (SSSR count). The minimum atomic E-state index is -0.740. The number of rotatable bonds is 6. The summed E-state index contributed by atoms with van der Waals surface area (Å²) >= 11 is 0. The lowest BCUT2D eigenvalue weighted by atomic mass is 10.0. The lowest BCUT2D eigenvalue weighted by Crippen LogP contribution is -2.14. The number of benzene rings is 2. The molecule has 0 aliphatic rings. The van der Waals surface area contributed by atoms with Crippen molar-refractivity contribution in [1.82, 2.24) is 10.2 Å². The van der Waals surface area contributed by atoms with Gasteiger partial charge in [-0.25, -0.2) is 0 Å². The van der Waals surface area contributed by atoms with E-state index in [1.54, 1.807) is 6.07 Å². The Balaban J connectivity index is 1.89. The van der Waals surface area contributed by atoms with Gasteiger partial charge in [-0.2, -0.15) is 10.4 Å². The zero-order valence-electron chi connectivity index (χ0n) is 15.5. The monoisotopic (exact) mass is 387 g/mol. The van der Waals surface area contributed by atoms with Crippen molar-refractivity contribution in [2.45, 2.75) is 13.3 Å². The maximum atomic E-state index is 12.5. The molecule has 1 heterocycles. The van der Waals surface area contributed by atoms with Crippen LogP contribution in [0.25, 0.3) is 17.3 Å². The summed E-state index contributed by atoms with van der Waals surface area (Å²) in [7, 11) is 0. The summed E-state index contributed by atoms with van der Waals surface area (Å²) < 4.78 is 0. The Morgan fingerprint density at radius 1 is 1.28 bits per heavy atom. The van der Waals surface area contributed by atoms with E-state index in [9.17, 15) is 20.2 Å². The summed E-state index contributed by atoms with van der Waals surface area (Å²) in [6.45, 7) is 2.06. The third-order valence-electron chi connectivity index (χ3n) is 4.33. The number of nitro benzene ring substituents is 1. The molecule has 2 N–H and O–H groups in total. The number of aromatic amines is 1. The summed E-state index contributed by atoms with van der Waals surface area (Å²) in [4.78, 5) is 23.0. The number of nitrogens with one attached hydrogen (secondary N) is 2. The molecule has 144 valence electrons. The number of nitriles is 1. The molecule has 0 fully saturated rings. The Morgan fingerprint density at radius 3 is 2.66 bits per heavy atom. The first-order chi connectivity index (χ1) is 14.0. The van der Waals surface area contributed by atoms with Crippen LogP contribution in [0.5, 0.6) is 0 Å². The number of aryl methyl sites for hydroxylation is 1. The highest BCUT2D eigenvalue weighted by Gasteiger charge is 2.18. The number of nitro groups is 1. The molecule has 0 atom stereocenters. The van der Waals surface area contributed by atoms with Crippen LogP contribution < -0.4 is 5.32 Å². The van der Waals surface area contributed by atoms with Crippen molar-refractivity contribution in [3.63, 3.8) is 0 Å². The van der Waals surface area contributed by atoms with Crippen LogP contribution in [0.15, 0.2) is 60.3 Å². The van der Waals surface area contributed by atoms with Gasteiger partial charge in [0.15, 0.2) is 0 Å². The molecule has 1 amide bonds. The molecule has 0 saturated heterocycles. The predicted molar refractivity (Wildman–Crippen MR) is 109 cm³/mol. The predicted octanol–water partition coefficient (Wildman–Crippen LogP) is 4.09. The second-order valence-corrected chi connectivity index (χ2v) is 6.15. The van der Waals surface area contributed by atoms with E-state index < -0.39 is 10.8 Å². The SMILES string of the molecule is CCc1ccc(-c2[nH]ncc2C=C(C#N)C(=O)Nc2ccccc2[N+](=O)[O-])cc1. The van der Waals surface area contributed by atoms with Gasteiger partial charge in [-0.3, -0.25) is 20.0 Å². The third-order valence-corrected chi connectivity index (χ3v) is 4.33. The minimum Gasteiger partial charge on any atom is -0.316 e. The molecule has 8 nitrogen and oxygen atoms in total. The normalized spacial score (nSPS) is 11.0. The number of nitrogens with zero attached hydrogens (tertiary/aromatic N) is 3. The van der Waals surface area contributed by atoms with Crippen molar-refractivity contribution in [1.29, 1.82) is 5.26 Å². The number of H-pyrrole nitrogens is 1. The average molecular weight is 387 g/mol. The van der Waals surface area contributed by atoms with E-state index in [1.807, 2.05) is 30.3 Å².